The zero-order valence-electron chi connectivity index (χ0n) is 15.9. The van der Waals surface area contributed by atoms with E-state index in [4.69, 9.17) is 14.0 Å². The van der Waals surface area contributed by atoms with Crippen molar-refractivity contribution in [2.75, 3.05) is 12.9 Å². The molecular weight excluding hydrogens is 418 g/mol. The summed E-state index contributed by atoms with van der Waals surface area (Å²) in [7, 11) is 1.33. The van der Waals surface area contributed by atoms with Gasteiger partial charge in [0, 0.05) is 16.2 Å². The predicted octanol–water partition coefficient (Wildman–Crippen LogP) is 4.57. The Morgan fingerprint density at radius 2 is 1.97 bits per heavy atom. The molecule has 3 aromatic rings. The van der Waals surface area contributed by atoms with Crippen molar-refractivity contribution in [3.8, 4) is 22.9 Å². The molecule has 1 heterocycles. The molecule has 158 valence electrons. The average molecular weight is 436 g/mol. The summed E-state index contributed by atoms with van der Waals surface area (Å²) < 4.78 is 44.5. The lowest BCUT2D eigenvalue weighted by atomic mass is 10.2. The van der Waals surface area contributed by atoms with Crippen LogP contribution in [-0.2, 0) is 16.1 Å². The summed E-state index contributed by atoms with van der Waals surface area (Å²) in [5.74, 6) is 0.505. The molecule has 0 aliphatic heterocycles. The number of hydrogen-bond donors (Lipinski definition) is 0. The minimum atomic E-state index is -2.97. The molecule has 7 nitrogen and oxygen atoms in total. The number of benzene rings is 2. The molecule has 1 aromatic heterocycles. The van der Waals surface area contributed by atoms with Gasteiger partial charge in [0.1, 0.15) is 0 Å². The van der Waals surface area contributed by atoms with E-state index in [9.17, 15) is 13.6 Å². The highest BCUT2D eigenvalue weighted by atomic mass is 32.2. The molecule has 0 N–H and O–H groups in total. The van der Waals surface area contributed by atoms with Gasteiger partial charge in [-0.05, 0) is 30.3 Å². The molecule has 0 radical (unpaired) electrons. The summed E-state index contributed by atoms with van der Waals surface area (Å²) in [4.78, 5) is 17.1. The Morgan fingerprint density at radius 1 is 1.17 bits per heavy atom. The van der Waals surface area contributed by atoms with E-state index >= 15 is 0 Å². The third-order valence-corrected chi connectivity index (χ3v) is 4.79. The van der Waals surface area contributed by atoms with E-state index in [2.05, 4.69) is 14.9 Å². The summed E-state index contributed by atoms with van der Waals surface area (Å²) in [5.41, 5.74) is 0.467. The Morgan fingerprint density at radius 3 is 2.70 bits per heavy atom. The number of esters is 1. The van der Waals surface area contributed by atoms with Gasteiger partial charge in [0.05, 0.1) is 13.5 Å². The molecule has 0 saturated carbocycles. The van der Waals surface area contributed by atoms with Gasteiger partial charge in [0.15, 0.2) is 18.1 Å². The van der Waals surface area contributed by atoms with Crippen LogP contribution in [0.15, 0.2) is 57.9 Å². The van der Waals surface area contributed by atoms with Crippen molar-refractivity contribution in [3.05, 3.63) is 54.4 Å². The van der Waals surface area contributed by atoms with Crippen molar-refractivity contribution < 1.29 is 32.3 Å². The lowest BCUT2D eigenvalue weighted by Gasteiger charge is -2.10. The van der Waals surface area contributed by atoms with Crippen molar-refractivity contribution in [3.63, 3.8) is 0 Å². The molecule has 0 saturated heterocycles. The maximum absolute atomic E-state index is 12.4. The zero-order valence-corrected chi connectivity index (χ0v) is 16.7. The molecule has 10 heteroatoms. The Labute approximate surface area is 175 Å². The number of rotatable bonds is 10. The number of carbonyl (C=O) groups is 1. The van der Waals surface area contributed by atoms with Gasteiger partial charge >= 0.3 is 12.6 Å². The molecule has 2 aromatic carbocycles. The largest absolute Gasteiger partial charge is 0.493 e. The van der Waals surface area contributed by atoms with E-state index in [1.165, 1.54) is 25.3 Å². The van der Waals surface area contributed by atoms with Crippen LogP contribution in [0.1, 0.15) is 12.3 Å². The number of carbonyl (C=O) groups excluding carboxylic acids is 1. The van der Waals surface area contributed by atoms with E-state index in [1.807, 2.05) is 30.3 Å². The van der Waals surface area contributed by atoms with Crippen LogP contribution in [0.4, 0.5) is 8.78 Å². The summed E-state index contributed by atoms with van der Waals surface area (Å²) in [6, 6.07) is 14.0. The minimum absolute atomic E-state index is 0.0986. The van der Waals surface area contributed by atoms with Crippen molar-refractivity contribution in [1.82, 2.24) is 10.1 Å². The van der Waals surface area contributed by atoms with E-state index in [0.29, 0.717) is 11.3 Å². The second-order valence-corrected chi connectivity index (χ2v) is 7.00. The van der Waals surface area contributed by atoms with Gasteiger partial charge in [-0.15, -0.1) is 11.8 Å². The molecular formula is C20H18F2N2O5S. The fraction of sp³-hybridized carbons (Fsp3) is 0.250. The smallest absolute Gasteiger partial charge is 0.387 e. The van der Waals surface area contributed by atoms with Crippen LogP contribution in [0.5, 0.6) is 11.5 Å². The van der Waals surface area contributed by atoms with Gasteiger partial charge < -0.3 is 18.7 Å². The molecule has 0 aliphatic carbocycles. The average Bonchev–Trinajstić information content (AvgIpc) is 3.22. The predicted molar refractivity (Wildman–Crippen MR) is 104 cm³/mol. The molecule has 0 spiro atoms. The Hall–Kier alpha value is -3.14. The summed E-state index contributed by atoms with van der Waals surface area (Å²) in [6.07, 6.45) is 0.239. The lowest BCUT2D eigenvalue weighted by molar-refractivity contribution is -0.145. The van der Waals surface area contributed by atoms with E-state index in [-0.39, 0.29) is 42.2 Å². The van der Waals surface area contributed by atoms with Crippen molar-refractivity contribution in [1.29, 1.82) is 0 Å². The first kappa shape index (κ1) is 21.6. The third-order valence-electron chi connectivity index (χ3n) is 3.78. The molecule has 30 heavy (non-hydrogen) atoms. The van der Waals surface area contributed by atoms with Crippen LogP contribution >= 0.6 is 11.8 Å². The standard InChI is InChI=1S/C20H18F2N2O5S/c1-26-16-11-13(7-8-15(16)28-20(21)22)19-23-17(29-24-19)12-27-18(25)9-10-30-14-5-3-2-4-6-14/h2-8,11,20H,9-10,12H2,1H3. The summed E-state index contributed by atoms with van der Waals surface area (Å²) >= 11 is 1.56. The van der Waals surface area contributed by atoms with Crippen LogP contribution in [0, 0.1) is 0 Å². The highest BCUT2D eigenvalue weighted by Crippen LogP contribution is 2.32. The van der Waals surface area contributed by atoms with Gasteiger partial charge in [0.2, 0.25) is 5.82 Å². The van der Waals surface area contributed by atoms with Crippen molar-refractivity contribution in [2.45, 2.75) is 24.5 Å². The Bertz CT molecular complexity index is 969. The molecule has 0 bridgehead atoms. The van der Waals surface area contributed by atoms with E-state index in [0.717, 1.165) is 4.90 Å². The first-order valence-electron chi connectivity index (χ1n) is 8.84. The second-order valence-electron chi connectivity index (χ2n) is 5.83. The van der Waals surface area contributed by atoms with Crippen molar-refractivity contribution >= 4 is 17.7 Å². The zero-order chi connectivity index (χ0) is 21.3. The molecule has 0 atom stereocenters. The quantitative estimate of drug-likeness (QED) is 0.338. The van der Waals surface area contributed by atoms with Crippen LogP contribution in [0.25, 0.3) is 11.4 Å². The van der Waals surface area contributed by atoms with Gasteiger partial charge in [-0.1, -0.05) is 23.4 Å². The maximum atomic E-state index is 12.4. The monoisotopic (exact) mass is 436 g/mol. The molecule has 3 rings (SSSR count). The number of nitrogens with zero attached hydrogens (tertiary/aromatic N) is 2. The van der Waals surface area contributed by atoms with Crippen molar-refractivity contribution in [2.24, 2.45) is 0 Å². The minimum Gasteiger partial charge on any atom is -0.493 e. The molecule has 0 fully saturated rings. The Balaban J connectivity index is 1.51. The van der Waals surface area contributed by atoms with Crippen LogP contribution in [0.2, 0.25) is 0 Å². The molecule has 0 aliphatic rings. The van der Waals surface area contributed by atoms with Crippen LogP contribution in [0.3, 0.4) is 0 Å². The van der Waals surface area contributed by atoms with E-state index in [1.54, 1.807) is 11.8 Å². The van der Waals surface area contributed by atoms with Gasteiger partial charge in [-0.2, -0.15) is 13.8 Å². The first-order valence-corrected chi connectivity index (χ1v) is 9.83. The first-order chi connectivity index (χ1) is 14.5. The number of methoxy groups -OCH3 is 1. The van der Waals surface area contributed by atoms with E-state index < -0.39 is 6.61 Å². The van der Waals surface area contributed by atoms with Gasteiger partial charge in [-0.25, -0.2) is 0 Å². The Kier molecular flexibility index (Phi) is 7.61. The van der Waals surface area contributed by atoms with Gasteiger partial charge in [0.25, 0.3) is 5.89 Å². The normalized spacial score (nSPS) is 10.8. The topological polar surface area (TPSA) is 83.7 Å². The maximum Gasteiger partial charge on any atom is 0.387 e. The highest BCUT2D eigenvalue weighted by Gasteiger charge is 2.15. The lowest BCUT2D eigenvalue weighted by Crippen LogP contribution is -2.05. The number of alkyl halides is 2. The number of thioether (sulfide) groups is 1. The van der Waals surface area contributed by atoms with Gasteiger partial charge in [-0.3, -0.25) is 4.79 Å². The fourth-order valence-electron chi connectivity index (χ4n) is 2.41. The van der Waals surface area contributed by atoms with Crippen LogP contribution < -0.4 is 9.47 Å². The second kappa shape index (κ2) is 10.6. The highest BCUT2D eigenvalue weighted by molar-refractivity contribution is 7.99. The number of ether oxygens (including phenoxy) is 3. The number of hydrogen-bond acceptors (Lipinski definition) is 8. The van der Waals surface area contributed by atoms with Crippen LogP contribution in [-0.4, -0.2) is 35.6 Å². The molecule has 0 amide bonds. The molecule has 0 unspecified atom stereocenters. The number of aromatic nitrogens is 2. The third kappa shape index (κ3) is 6.18. The number of halogens is 2. The summed E-state index contributed by atoms with van der Waals surface area (Å²) in [5, 5.41) is 3.81. The summed E-state index contributed by atoms with van der Waals surface area (Å²) in [6.45, 7) is -3.13. The SMILES string of the molecule is COc1cc(-c2noc(COC(=O)CCSc3ccccc3)n2)ccc1OC(F)F. The fourth-order valence-corrected chi connectivity index (χ4v) is 3.27.